The van der Waals surface area contributed by atoms with Crippen LogP contribution in [0.15, 0.2) is 70.5 Å². The van der Waals surface area contributed by atoms with Gasteiger partial charge in [-0.25, -0.2) is 9.78 Å². The van der Waals surface area contributed by atoms with Crippen LogP contribution in [0.5, 0.6) is 0 Å². The second-order valence-corrected chi connectivity index (χ2v) is 9.14. The van der Waals surface area contributed by atoms with Gasteiger partial charge in [0.25, 0.3) is 0 Å². The maximum absolute atomic E-state index is 13.0. The second kappa shape index (κ2) is 11.0. The Kier molecular flexibility index (Phi) is 7.94. The lowest BCUT2D eigenvalue weighted by Gasteiger charge is -2.15. The van der Waals surface area contributed by atoms with Crippen LogP contribution in [0.1, 0.15) is 11.1 Å². The van der Waals surface area contributed by atoms with Crippen molar-refractivity contribution < 1.29 is 41.0 Å². The molecule has 0 spiro atoms. The number of ether oxygens (including phenoxy) is 1. The summed E-state index contributed by atoms with van der Waals surface area (Å²) in [6.07, 6.45) is -11.3. The summed E-state index contributed by atoms with van der Waals surface area (Å²) in [6, 6.07) is 11.6. The number of rotatable bonds is 7. The van der Waals surface area contributed by atoms with Crippen LogP contribution in [0.4, 0.5) is 48.5 Å². The predicted octanol–water partition coefficient (Wildman–Crippen LogP) is 6.73. The van der Waals surface area contributed by atoms with E-state index in [4.69, 9.17) is 4.74 Å². The number of aromatic nitrogens is 2. The summed E-state index contributed by atoms with van der Waals surface area (Å²) in [5.41, 5.74) is -2.13. The molecule has 0 aliphatic rings. The molecule has 1 atom stereocenters. The predicted molar refractivity (Wildman–Crippen MR) is 132 cm³/mol. The quantitative estimate of drug-likeness (QED) is 0.124. The standard InChI is InChI=1S/C24H19F6N5O3S/c1-38-22(37)35-20-33-18-7-6-17(11-19(18)34-20)39-16-4-2-14(3-5-16)31-21(36)32-15-9-12(23(25,26)27)8-13(10-15)24(28,29)30/h2-11,22,37H,1H3,(H2,31,32,36)(H2,33,34,35). The Balaban J connectivity index is 1.41. The number of hydrogen-bond donors (Lipinski definition) is 5. The Hall–Kier alpha value is -3.95. The number of carbonyl (C=O) groups is 1. The number of aliphatic hydroxyl groups excluding tert-OH is 1. The number of anilines is 3. The van der Waals surface area contributed by atoms with Gasteiger partial charge in [-0.15, -0.1) is 0 Å². The third-order valence-corrected chi connectivity index (χ3v) is 6.13. The average Bonchev–Trinajstić information content (AvgIpc) is 3.25. The van der Waals surface area contributed by atoms with E-state index in [1.54, 1.807) is 18.2 Å². The van der Waals surface area contributed by atoms with Crippen LogP contribution >= 0.6 is 11.8 Å². The average molecular weight is 572 g/mol. The number of carbonyl (C=O) groups excluding carboxylic acids is 1. The van der Waals surface area contributed by atoms with E-state index < -0.39 is 41.6 Å². The lowest BCUT2D eigenvalue weighted by Crippen LogP contribution is -2.20. The van der Waals surface area contributed by atoms with Gasteiger partial charge in [-0.1, -0.05) is 11.8 Å². The Morgan fingerprint density at radius 3 is 2.08 bits per heavy atom. The highest BCUT2D eigenvalue weighted by Crippen LogP contribution is 2.37. The normalized spacial score (nSPS) is 12.8. The van der Waals surface area contributed by atoms with Crippen molar-refractivity contribution in [2.75, 3.05) is 23.1 Å². The van der Waals surface area contributed by atoms with Gasteiger partial charge < -0.3 is 30.8 Å². The first-order valence-corrected chi connectivity index (χ1v) is 11.7. The van der Waals surface area contributed by atoms with Crippen molar-refractivity contribution >= 4 is 46.1 Å². The number of urea groups is 1. The van der Waals surface area contributed by atoms with Gasteiger partial charge in [-0.05, 0) is 60.7 Å². The van der Waals surface area contributed by atoms with Crippen molar-refractivity contribution in [1.29, 1.82) is 0 Å². The number of aliphatic hydroxyl groups is 1. The van der Waals surface area contributed by atoms with Crippen LogP contribution in [0.3, 0.4) is 0 Å². The number of fused-ring (bicyclic) bond motifs is 1. The molecule has 8 nitrogen and oxygen atoms in total. The minimum Gasteiger partial charge on any atom is -0.351 e. The molecule has 0 fully saturated rings. The lowest BCUT2D eigenvalue weighted by atomic mass is 10.1. The number of amides is 2. The van der Waals surface area contributed by atoms with E-state index in [9.17, 15) is 36.2 Å². The Morgan fingerprint density at radius 1 is 0.897 bits per heavy atom. The molecular weight excluding hydrogens is 552 g/mol. The highest BCUT2D eigenvalue weighted by molar-refractivity contribution is 7.99. The van der Waals surface area contributed by atoms with Crippen LogP contribution in [0.2, 0.25) is 0 Å². The third kappa shape index (κ3) is 7.34. The molecule has 1 heterocycles. The van der Waals surface area contributed by atoms with Crippen LogP contribution in [0.25, 0.3) is 11.0 Å². The Morgan fingerprint density at radius 2 is 1.49 bits per heavy atom. The van der Waals surface area contributed by atoms with E-state index in [1.165, 1.54) is 31.0 Å². The summed E-state index contributed by atoms with van der Waals surface area (Å²) in [5.74, 6) is 0.315. The number of hydrogen-bond acceptors (Lipinski definition) is 6. The first-order valence-electron chi connectivity index (χ1n) is 10.9. The maximum Gasteiger partial charge on any atom is 0.416 e. The Labute approximate surface area is 220 Å². The molecule has 2 amide bonds. The van der Waals surface area contributed by atoms with E-state index in [1.807, 2.05) is 17.4 Å². The summed E-state index contributed by atoms with van der Waals surface area (Å²) in [6.45, 7) is 0. The van der Waals surface area contributed by atoms with Crippen molar-refractivity contribution in [1.82, 2.24) is 9.97 Å². The molecule has 0 bridgehead atoms. The molecule has 1 unspecified atom stereocenters. The summed E-state index contributed by atoms with van der Waals surface area (Å²) < 4.78 is 82.9. The van der Waals surface area contributed by atoms with Crippen LogP contribution in [-0.4, -0.2) is 34.6 Å². The first-order chi connectivity index (χ1) is 18.3. The van der Waals surface area contributed by atoms with Crippen molar-refractivity contribution in [2.24, 2.45) is 0 Å². The topological polar surface area (TPSA) is 111 Å². The summed E-state index contributed by atoms with van der Waals surface area (Å²) >= 11 is 1.38. The molecule has 4 rings (SSSR count). The van der Waals surface area contributed by atoms with E-state index in [0.717, 1.165) is 9.79 Å². The lowest BCUT2D eigenvalue weighted by molar-refractivity contribution is -0.143. The van der Waals surface area contributed by atoms with Crippen molar-refractivity contribution in [3.63, 3.8) is 0 Å². The minimum atomic E-state index is -5.03. The molecule has 206 valence electrons. The number of H-pyrrole nitrogens is 1. The molecule has 0 aliphatic carbocycles. The van der Waals surface area contributed by atoms with E-state index in [2.05, 4.69) is 20.6 Å². The van der Waals surface area contributed by atoms with E-state index in [-0.39, 0.29) is 11.8 Å². The molecule has 15 heteroatoms. The molecule has 1 aromatic heterocycles. The fourth-order valence-electron chi connectivity index (χ4n) is 3.36. The highest BCUT2D eigenvalue weighted by Gasteiger charge is 2.37. The van der Waals surface area contributed by atoms with Gasteiger partial charge in [0, 0.05) is 28.3 Å². The zero-order valence-electron chi connectivity index (χ0n) is 19.7. The maximum atomic E-state index is 13.0. The molecule has 4 aromatic rings. The summed E-state index contributed by atoms with van der Waals surface area (Å²) in [4.78, 5) is 21.2. The van der Waals surface area contributed by atoms with Gasteiger partial charge in [0.1, 0.15) is 0 Å². The summed E-state index contributed by atoms with van der Waals surface area (Å²) in [5, 5.41) is 16.5. The number of methoxy groups -OCH3 is 1. The van der Waals surface area contributed by atoms with Gasteiger partial charge in [0.05, 0.1) is 22.2 Å². The number of benzene rings is 3. The largest absolute Gasteiger partial charge is 0.416 e. The van der Waals surface area contributed by atoms with E-state index >= 15 is 0 Å². The monoisotopic (exact) mass is 571 g/mol. The third-order valence-electron chi connectivity index (χ3n) is 5.13. The van der Waals surface area contributed by atoms with Gasteiger partial charge in [0.15, 0.2) is 0 Å². The van der Waals surface area contributed by atoms with Crippen molar-refractivity contribution in [3.05, 3.63) is 71.8 Å². The molecule has 39 heavy (non-hydrogen) atoms. The number of aromatic amines is 1. The van der Waals surface area contributed by atoms with Crippen LogP contribution < -0.4 is 16.0 Å². The number of nitrogens with one attached hydrogen (secondary N) is 4. The molecule has 0 saturated carbocycles. The van der Waals surface area contributed by atoms with Crippen molar-refractivity contribution in [3.8, 4) is 0 Å². The smallest absolute Gasteiger partial charge is 0.351 e. The fraction of sp³-hybridized carbons (Fsp3) is 0.167. The van der Waals surface area contributed by atoms with Gasteiger partial charge in [-0.3, -0.25) is 0 Å². The Bertz CT molecular complexity index is 1440. The zero-order chi connectivity index (χ0) is 28.4. The molecule has 0 radical (unpaired) electrons. The molecule has 5 N–H and O–H groups in total. The van der Waals surface area contributed by atoms with Crippen molar-refractivity contribution in [2.45, 2.75) is 28.6 Å². The fourth-order valence-corrected chi connectivity index (χ4v) is 4.22. The number of halogens is 6. The second-order valence-electron chi connectivity index (χ2n) is 8.00. The molecule has 3 aromatic carbocycles. The summed E-state index contributed by atoms with van der Waals surface area (Å²) in [7, 11) is 1.33. The molecule has 0 aliphatic heterocycles. The molecule has 0 saturated heterocycles. The first kappa shape index (κ1) is 28.1. The highest BCUT2D eigenvalue weighted by atomic mass is 32.2. The van der Waals surface area contributed by atoms with Crippen LogP contribution in [-0.2, 0) is 17.1 Å². The SMILES string of the molecule is COC(O)Nc1nc2ccc(Sc3ccc(NC(=O)Nc4cc(C(F)(F)F)cc(C(F)(F)F)c4)cc3)cc2[nH]1. The number of nitrogens with zero attached hydrogens (tertiary/aromatic N) is 1. The van der Waals surface area contributed by atoms with Crippen LogP contribution in [0, 0.1) is 0 Å². The zero-order valence-corrected chi connectivity index (χ0v) is 20.6. The molecular formula is C24H19F6N5O3S. The van der Waals surface area contributed by atoms with Gasteiger partial charge in [0.2, 0.25) is 12.4 Å². The minimum absolute atomic E-state index is 0.0226. The van der Waals surface area contributed by atoms with E-state index in [0.29, 0.717) is 29.1 Å². The number of imidazole rings is 1. The van der Waals surface area contributed by atoms with Gasteiger partial charge >= 0.3 is 18.4 Å². The van der Waals surface area contributed by atoms with Gasteiger partial charge in [-0.2, -0.15) is 26.3 Å². The number of alkyl halides is 6.